The van der Waals surface area contributed by atoms with Gasteiger partial charge in [-0.1, -0.05) is 12.1 Å². The fourth-order valence-corrected chi connectivity index (χ4v) is 6.35. The van der Waals surface area contributed by atoms with Gasteiger partial charge < -0.3 is 24.0 Å². The first-order chi connectivity index (χ1) is 21.8. The third-order valence-corrected chi connectivity index (χ3v) is 8.74. The van der Waals surface area contributed by atoms with Crippen molar-refractivity contribution in [2.24, 2.45) is 0 Å². The van der Waals surface area contributed by atoms with Crippen molar-refractivity contribution in [3.05, 3.63) is 65.6 Å². The van der Waals surface area contributed by atoms with Crippen LogP contribution in [-0.2, 0) is 11.3 Å². The summed E-state index contributed by atoms with van der Waals surface area (Å²) in [5, 5.41) is 0. The van der Waals surface area contributed by atoms with Crippen LogP contribution in [-0.4, -0.2) is 68.0 Å². The lowest BCUT2D eigenvalue weighted by Crippen LogP contribution is -2.55. The van der Waals surface area contributed by atoms with Gasteiger partial charge in [-0.05, 0) is 77.1 Å². The molecule has 2 atom stereocenters. The fourth-order valence-electron chi connectivity index (χ4n) is 6.35. The average molecular weight is 634 g/mol. The summed E-state index contributed by atoms with van der Waals surface area (Å²) in [6, 6.07) is 11.6. The number of aromatic nitrogens is 1. The predicted octanol–water partition coefficient (Wildman–Crippen LogP) is 7.44. The molecule has 2 aliphatic rings. The summed E-state index contributed by atoms with van der Waals surface area (Å²) in [6.45, 7) is 7.50. The van der Waals surface area contributed by atoms with Crippen molar-refractivity contribution in [3.8, 4) is 11.5 Å². The lowest BCUT2D eigenvalue weighted by Gasteiger charge is -2.45. The number of halogens is 1. The molecule has 3 aromatic rings. The number of rotatable bonds is 7. The predicted molar refractivity (Wildman–Crippen MR) is 177 cm³/mol. The monoisotopic (exact) mass is 633 g/mol. The summed E-state index contributed by atoms with van der Waals surface area (Å²) < 4.78 is 32.0. The number of methoxy groups -OCH3 is 2. The zero-order chi connectivity index (χ0) is 33.3. The van der Waals surface area contributed by atoms with Crippen molar-refractivity contribution in [1.29, 1.82) is 0 Å². The van der Waals surface area contributed by atoms with Gasteiger partial charge in [0.05, 0.1) is 37.8 Å². The van der Waals surface area contributed by atoms with Crippen molar-refractivity contribution >= 4 is 35.0 Å². The van der Waals surface area contributed by atoms with Gasteiger partial charge >= 0.3 is 12.1 Å². The number of carbonyl (C=O) groups excluding carboxylic acids is 2. The molecule has 2 unspecified atom stereocenters. The highest BCUT2D eigenvalue weighted by atomic mass is 19.1. The molecular weight excluding hydrogens is 589 g/mol. The summed E-state index contributed by atoms with van der Waals surface area (Å²) in [5.74, 6) is 1.42. The second-order valence-corrected chi connectivity index (χ2v) is 13.0. The smallest absolute Gasteiger partial charge is 0.410 e. The second kappa shape index (κ2) is 13.1. The van der Waals surface area contributed by atoms with E-state index in [1.54, 1.807) is 62.4 Å². The first kappa shape index (κ1) is 32.8. The molecule has 10 nitrogen and oxygen atoms in total. The van der Waals surface area contributed by atoms with Crippen LogP contribution < -0.4 is 24.2 Å². The second-order valence-electron chi connectivity index (χ2n) is 13.0. The Morgan fingerprint density at radius 1 is 1.07 bits per heavy atom. The number of fused-ring (bicyclic) bond motifs is 1. The zero-order valence-electron chi connectivity index (χ0n) is 28.0. The van der Waals surface area contributed by atoms with E-state index in [0.29, 0.717) is 35.0 Å². The largest absolute Gasteiger partial charge is 0.497 e. The molecule has 1 aromatic heterocycles. The van der Waals surface area contributed by atoms with Gasteiger partial charge in [0, 0.05) is 50.1 Å². The molecule has 3 amide bonds. The zero-order valence-corrected chi connectivity index (χ0v) is 28.0. The van der Waals surface area contributed by atoms with Gasteiger partial charge in [0.15, 0.2) is 0 Å². The fraction of sp³-hybridized carbons (Fsp3) is 0.457. The highest BCUT2D eigenvalue weighted by Gasteiger charge is 2.41. The van der Waals surface area contributed by atoms with Gasteiger partial charge in [0.25, 0.3) is 0 Å². The van der Waals surface area contributed by atoms with Crippen molar-refractivity contribution in [1.82, 2.24) is 9.88 Å². The molecule has 0 radical (unpaired) electrons. The Bertz CT molecular complexity index is 1590. The van der Waals surface area contributed by atoms with Crippen LogP contribution in [0.2, 0.25) is 0 Å². The van der Waals surface area contributed by atoms with Crippen LogP contribution >= 0.6 is 0 Å². The van der Waals surface area contributed by atoms with Crippen LogP contribution in [0.15, 0.2) is 48.7 Å². The summed E-state index contributed by atoms with van der Waals surface area (Å²) in [5.41, 5.74) is 2.57. The van der Waals surface area contributed by atoms with E-state index >= 15 is 4.39 Å². The lowest BCUT2D eigenvalue weighted by atomic mass is 9.88. The number of aryl methyl sites for hydroxylation is 1. The molecule has 1 aliphatic carbocycles. The number of hydrogen-bond donors (Lipinski definition) is 0. The Morgan fingerprint density at radius 2 is 1.83 bits per heavy atom. The van der Waals surface area contributed by atoms with Crippen LogP contribution in [0.1, 0.15) is 57.6 Å². The molecular formula is C35H44FN5O5. The highest BCUT2D eigenvalue weighted by Crippen LogP contribution is 2.42. The third-order valence-electron chi connectivity index (χ3n) is 8.74. The van der Waals surface area contributed by atoms with Crippen molar-refractivity contribution in [3.63, 3.8) is 0 Å². The molecule has 46 heavy (non-hydrogen) atoms. The highest BCUT2D eigenvalue weighted by molar-refractivity contribution is 6.07. The van der Waals surface area contributed by atoms with E-state index in [9.17, 15) is 9.59 Å². The molecule has 1 saturated carbocycles. The first-order valence-corrected chi connectivity index (χ1v) is 15.6. The normalized spacial score (nSPS) is 18.2. The van der Waals surface area contributed by atoms with Gasteiger partial charge in [-0.15, -0.1) is 0 Å². The van der Waals surface area contributed by atoms with Gasteiger partial charge in [-0.3, -0.25) is 9.80 Å². The lowest BCUT2D eigenvalue weighted by molar-refractivity contribution is 0.0181. The Morgan fingerprint density at radius 3 is 2.50 bits per heavy atom. The van der Waals surface area contributed by atoms with Crippen LogP contribution in [0, 0.1) is 12.7 Å². The SMILES string of the molecule is COc1ccc(N(C)c2cc3c(cn2)CN(c2c(C)cccc2F)C(=O)N3C2CCCC(N(C)C(=O)OC(C)(C)C)C2)c(OC)c1. The van der Waals surface area contributed by atoms with Crippen molar-refractivity contribution < 1.29 is 28.2 Å². The molecule has 0 bridgehead atoms. The summed E-state index contributed by atoms with van der Waals surface area (Å²) in [4.78, 5) is 39.1. The van der Waals surface area contributed by atoms with E-state index in [0.717, 1.165) is 30.5 Å². The maximum Gasteiger partial charge on any atom is 0.410 e. The molecule has 5 rings (SSSR count). The molecule has 1 aliphatic heterocycles. The number of hydrogen-bond acceptors (Lipinski definition) is 7. The van der Waals surface area contributed by atoms with E-state index in [2.05, 4.69) is 0 Å². The number of anilines is 4. The molecule has 11 heteroatoms. The van der Waals surface area contributed by atoms with Crippen LogP contribution in [0.4, 0.5) is 36.9 Å². The molecule has 2 heterocycles. The number of nitrogens with zero attached hydrogens (tertiary/aromatic N) is 5. The number of pyridine rings is 1. The number of para-hydroxylation sites is 1. The molecule has 2 aromatic carbocycles. The Hall–Kier alpha value is -4.54. The van der Waals surface area contributed by atoms with Crippen LogP contribution in [0.5, 0.6) is 11.5 Å². The average Bonchev–Trinajstić information content (AvgIpc) is 3.02. The van der Waals surface area contributed by atoms with Gasteiger partial charge in [-0.2, -0.15) is 0 Å². The molecule has 0 saturated heterocycles. The number of urea groups is 1. The van der Waals surface area contributed by atoms with E-state index in [1.165, 1.54) is 11.0 Å². The summed E-state index contributed by atoms with van der Waals surface area (Å²) in [7, 11) is 6.83. The molecule has 0 N–H and O–H groups in total. The Balaban J connectivity index is 1.55. The summed E-state index contributed by atoms with van der Waals surface area (Å²) in [6.07, 6.45) is 4.24. The first-order valence-electron chi connectivity index (χ1n) is 15.6. The number of carbonyl (C=O) groups is 2. The molecule has 0 spiro atoms. The molecule has 246 valence electrons. The van der Waals surface area contributed by atoms with Crippen molar-refractivity contribution in [2.75, 3.05) is 43.0 Å². The van der Waals surface area contributed by atoms with Crippen molar-refractivity contribution in [2.45, 2.75) is 77.6 Å². The van der Waals surface area contributed by atoms with Gasteiger partial charge in [-0.25, -0.2) is 19.0 Å². The Labute approximate surface area is 270 Å². The standard InChI is InChI=1S/C35H44FN5O5/c1-22-11-9-14-27(36)32(22)40-21-23-20-37-31(39(6)28-16-15-26(44-7)18-30(28)45-8)19-29(23)41(33(40)42)25-13-10-12-24(17-25)38(5)34(43)46-35(2,3)4/h9,11,14-16,18-20,24-25H,10,12-13,17,21H2,1-8H3. The minimum absolute atomic E-state index is 0.136. The van der Waals surface area contributed by atoms with E-state index in [-0.39, 0.29) is 30.3 Å². The Kier molecular flexibility index (Phi) is 9.32. The number of amides is 3. The summed E-state index contributed by atoms with van der Waals surface area (Å²) >= 11 is 0. The van der Waals surface area contributed by atoms with E-state index in [1.807, 2.05) is 50.9 Å². The maximum absolute atomic E-state index is 15.3. The minimum atomic E-state index is -0.624. The third kappa shape index (κ3) is 6.54. The van der Waals surface area contributed by atoms with Crippen LogP contribution in [0.3, 0.4) is 0 Å². The quantitative estimate of drug-likeness (QED) is 0.267. The van der Waals surface area contributed by atoms with Crippen LogP contribution in [0.25, 0.3) is 0 Å². The number of ether oxygens (including phenoxy) is 3. The van der Waals surface area contributed by atoms with Gasteiger partial charge in [0.2, 0.25) is 0 Å². The molecule has 1 fully saturated rings. The maximum atomic E-state index is 15.3. The van der Waals surface area contributed by atoms with E-state index in [4.69, 9.17) is 19.2 Å². The number of benzene rings is 2. The van der Waals surface area contributed by atoms with Gasteiger partial charge in [0.1, 0.15) is 28.7 Å². The topological polar surface area (TPSA) is 87.7 Å². The van der Waals surface area contributed by atoms with E-state index < -0.39 is 17.5 Å². The minimum Gasteiger partial charge on any atom is -0.497 e.